The van der Waals surface area contributed by atoms with Gasteiger partial charge >= 0.3 is 0 Å². The fourth-order valence-corrected chi connectivity index (χ4v) is 2.28. The van der Waals surface area contributed by atoms with E-state index in [4.69, 9.17) is 4.74 Å². The van der Waals surface area contributed by atoms with Gasteiger partial charge in [0.1, 0.15) is 5.75 Å². The molecule has 0 aliphatic heterocycles. The molecular weight excluding hydrogens is 264 g/mol. The van der Waals surface area contributed by atoms with Crippen LogP contribution in [0.15, 0.2) is 42.7 Å². The van der Waals surface area contributed by atoms with E-state index in [1.807, 2.05) is 26.0 Å². The maximum Gasteiger partial charge on any atom is 0.253 e. The molecule has 4 heteroatoms. The number of ether oxygens (including phenoxy) is 1. The average molecular weight is 284 g/mol. The van der Waals surface area contributed by atoms with Crippen LogP contribution < -0.4 is 10.1 Å². The number of nitrogens with one attached hydrogen (secondary N) is 1. The molecule has 0 fully saturated rings. The highest BCUT2D eigenvalue weighted by Gasteiger charge is 2.15. The quantitative estimate of drug-likeness (QED) is 0.916. The van der Waals surface area contributed by atoms with Crippen molar-refractivity contribution < 1.29 is 9.53 Å². The molecular formula is C17H20N2O2. The summed E-state index contributed by atoms with van der Waals surface area (Å²) in [6.07, 6.45) is 4.04. The van der Waals surface area contributed by atoms with Crippen molar-refractivity contribution >= 4 is 5.91 Å². The van der Waals surface area contributed by atoms with Gasteiger partial charge in [-0.2, -0.15) is 0 Å². The van der Waals surface area contributed by atoms with Gasteiger partial charge in [-0.3, -0.25) is 9.78 Å². The van der Waals surface area contributed by atoms with Gasteiger partial charge in [0, 0.05) is 12.4 Å². The lowest BCUT2D eigenvalue weighted by Gasteiger charge is -2.18. The summed E-state index contributed by atoms with van der Waals surface area (Å²) >= 11 is 0. The zero-order chi connectivity index (χ0) is 15.2. The van der Waals surface area contributed by atoms with Gasteiger partial charge < -0.3 is 10.1 Å². The Morgan fingerprint density at radius 2 is 2.19 bits per heavy atom. The number of carbonyl (C=O) groups is 1. The van der Waals surface area contributed by atoms with Crippen molar-refractivity contribution in [3.8, 4) is 5.75 Å². The second-order valence-electron chi connectivity index (χ2n) is 4.91. The molecule has 1 heterocycles. The third kappa shape index (κ3) is 3.60. The summed E-state index contributed by atoms with van der Waals surface area (Å²) in [4.78, 5) is 16.2. The molecule has 1 aromatic carbocycles. The van der Waals surface area contributed by atoms with Crippen LogP contribution in [-0.4, -0.2) is 18.0 Å². The molecule has 1 aromatic heterocycles. The van der Waals surface area contributed by atoms with E-state index in [1.165, 1.54) is 0 Å². The first-order valence-electron chi connectivity index (χ1n) is 7.01. The molecule has 1 amide bonds. The fourth-order valence-electron chi connectivity index (χ4n) is 2.28. The topological polar surface area (TPSA) is 51.2 Å². The van der Waals surface area contributed by atoms with Crippen LogP contribution >= 0.6 is 0 Å². The largest absolute Gasteiger partial charge is 0.496 e. The Morgan fingerprint density at radius 3 is 2.76 bits per heavy atom. The first kappa shape index (κ1) is 15.0. The third-order valence-electron chi connectivity index (χ3n) is 3.46. The lowest BCUT2D eigenvalue weighted by Crippen LogP contribution is -2.28. The van der Waals surface area contributed by atoms with Gasteiger partial charge in [-0.25, -0.2) is 0 Å². The van der Waals surface area contributed by atoms with Crippen LogP contribution in [0.5, 0.6) is 5.75 Å². The number of carbonyl (C=O) groups excluding carboxylic acids is 1. The first-order valence-corrected chi connectivity index (χ1v) is 7.01. The van der Waals surface area contributed by atoms with Crippen LogP contribution in [-0.2, 0) is 0 Å². The molecule has 0 saturated heterocycles. The van der Waals surface area contributed by atoms with Crippen LogP contribution in [0.1, 0.15) is 40.9 Å². The van der Waals surface area contributed by atoms with Crippen molar-refractivity contribution in [2.75, 3.05) is 7.11 Å². The molecule has 2 rings (SSSR count). The number of methoxy groups -OCH3 is 1. The molecule has 0 aliphatic carbocycles. The summed E-state index contributed by atoms with van der Waals surface area (Å²) in [6, 6.07) is 9.47. The number of pyridine rings is 1. The van der Waals surface area contributed by atoms with E-state index in [1.54, 1.807) is 31.6 Å². The van der Waals surface area contributed by atoms with Gasteiger partial charge in [0.2, 0.25) is 0 Å². The van der Waals surface area contributed by atoms with Crippen molar-refractivity contribution in [3.05, 3.63) is 59.4 Å². The van der Waals surface area contributed by atoms with Gasteiger partial charge in [0.05, 0.1) is 18.7 Å². The highest BCUT2D eigenvalue weighted by atomic mass is 16.5. The maximum absolute atomic E-state index is 12.2. The van der Waals surface area contributed by atoms with Crippen LogP contribution in [0.2, 0.25) is 0 Å². The van der Waals surface area contributed by atoms with Crippen LogP contribution in [0.4, 0.5) is 0 Å². The Bertz CT molecular complexity index is 611. The summed E-state index contributed by atoms with van der Waals surface area (Å²) in [5.41, 5.74) is 2.71. The van der Waals surface area contributed by atoms with E-state index in [-0.39, 0.29) is 11.9 Å². The second kappa shape index (κ2) is 6.88. The Hall–Kier alpha value is -2.36. The van der Waals surface area contributed by atoms with E-state index in [9.17, 15) is 4.79 Å². The minimum Gasteiger partial charge on any atom is -0.496 e. The minimum absolute atomic E-state index is 0.0256. The number of amides is 1. The zero-order valence-corrected chi connectivity index (χ0v) is 12.6. The molecule has 0 bridgehead atoms. The molecule has 0 spiro atoms. The first-order chi connectivity index (χ1) is 10.2. The zero-order valence-electron chi connectivity index (χ0n) is 12.6. The number of hydrogen-bond acceptors (Lipinski definition) is 3. The van der Waals surface area contributed by atoms with Crippen molar-refractivity contribution in [2.24, 2.45) is 0 Å². The van der Waals surface area contributed by atoms with E-state index in [0.29, 0.717) is 5.56 Å². The number of hydrogen-bond donors (Lipinski definition) is 1. The normalized spacial score (nSPS) is 11.8. The number of rotatable bonds is 5. The number of benzene rings is 1. The molecule has 1 N–H and O–H groups in total. The Morgan fingerprint density at radius 1 is 1.38 bits per heavy atom. The average Bonchev–Trinajstić information content (AvgIpc) is 2.53. The third-order valence-corrected chi connectivity index (χ3v) is 3.46. The molecule has 1 atom stereocenters. The van der Waals surface area contributed by atoms with Gasteiger partial charge in [-0.1, -0.05) is 19.1 Å². The van der Waals surface area contributed by atoms with Gasteiger partial charge in [-0.05, 0) is 42.7 Å². The standard InChI is InChI=1S/C17H20N2O2/c1-4-15(13-7-8-16(21-3)12(2)10-13)19-17(20)14-6-5-9-18-11-14/h5-11,15H,4H2,1-3H3,(H,19,20)/t15-/m1/s1. The van der Waals surface area contributed by atoms with Gasteiger partial charge in [-0.15, -0.1) is 0 Å². The van der Waals surface area contributed by atoms with E-state index < -0.39 is 0 Å². The van der Waals surface area contributed by atoms with Crippen molar-refractivity contribution in [1.82, 2.24) is 10.3 Å². The highest BCUT2D eigenvalue weighted by Crippen LogP contribution is 2.24. The fraction of sp³-hybridized carbons (Fsp3) is 0.294. The highest BCUT2D eigenvalue weighted by molar-refractivity contribution is 5.94. The van der Waals surface area contributed by atoms with E-state index in [0.717, 1.165) is 23.3 Å². The summed E-state index contributed by atoms with van der Waals surface area (Å²) in [6.45, 7) is 4.05. The Kier molecular flexibility index (Phi) is 4.93. The van der Waals surface area contributed by atoms with Crippen molar-refractivity contribution in [2.45, 2.75) is 26.3 Å². The van der Waals surface area contributed by atoms with Gasteiger partial charge in [0.25, 0.3) is 5.91 Å². The smallest absolute Gasteiger partial charge is 0.253 e. The predicted octanol–water partition coefficient (Wildman–Crippen LogP) is 3.28. The lowest BCUT2D eigenvalue weighted by atomic mass is 10.0. The predicted molar refractivity (Wildman–Crippen MR) is 82.5 cm³/mol. The lowest BCUT2D eigenvalue weighted by molar-refractivity contribution is 0.0935. The molecule has 0 radical (unpaired) electrons. The number of aromatic nitrogens is 1. The van der Waals surface area contributed by atoms with Crippen LogP contribution in [0.25, 0.3) is 0 Å². The Labute approximate surface area is 125 Å². The summed E-state index contributed by atoms with van der Waals surface area (Å²) in [7, 11) is 1.66. The van der Waals surface area contributed by atoms with Crippen molar-refractivity contribution in [3.63, 3.8) is 0 Å². The molecule has 2 aromatic rings. The second-order valence-corrected chi connectivity index (χ2v) is 4.91. The van der Waals surface area contributed by atoms with Gasteiger partial charge in [0.15, 0.2) is 0 Å². The van der Waals surface area contributed by atoms with E-state index in [2.05, 4.69) is 16.4 Å². The molecule has 0 aliphatic rings. The summed E-state index contributed by atoms with van der Waals surface area (Å²) in [5.74, 6) is 0.746. The molecule has 21 heavy (non-hydrogen) atoms. The van der Waals surface area contributed by atoms with E-state index >= 15 is 0 Å². The monoisotopic (exact) mass is 284 g/mol. The molecule has 4 nitrogen and oxygen atoms in total. The number of aryl methyl sites for hydroxylation is 1. The SMILES string of the molecule is CC[C@@H](NC(=O)c1cccnc1)c1ccc(OC)c(C)c1. The number of nitrogens with zero attached hydrogens (tertiary/aromatic N) is 1. The summed E-state index contributed by atoms with van der Waals surface area (Å²) in [5, 5.41) is 3.04. The van der Waals surface area contributed by atoms with Crippen LogP contribution in [0.3, 0.4) is 0 Å². The molecule has 110 valence electrons. The van der Waals surface area contributed by atoms with Crippen LogP contribution in [0, 0.1) is 6.92 Å². The molecule has 0 unspecified atom stereocenters. The summed E-state index contributed by atoms with van der Waals surface area (Å²) < 4.78 is 5.27. The van der Waals surface area contributed by atoms with Crippen molar-refractivity contribution in [1.29, 1.82) is 0 Å². The Balaban J connectivity index is 2.16. The molecule has 0 saturated carbocycles. The maximum atomic E-state index is 12.2. The minimum atomic E-state index is -0.108.